The summed E-state index contributed by atoms with van der Waals surface area (Å²) in [4.78, 5) is 31.0. The van der Waals surface area contributed by atoms with Gasteiger partial charge in [0, 0.05) is 19.1 Å². The molecule has 4 rings (SSSR count). The summed E-state index contributed by atoms with van der Waals surface area (Å²) < 4.78 is 0. The van der Waals surface area contributed by atoms with E-state index in [2.05, 4.69) is 22.5 Å². The lowest BCUT2D eigenvalue weighted by atomic mass is 9.85. The summed E-state index contributed by atoms with van der Waals surface area (Å²) in [5.74, 6) is 0.932. The molecule has 2 saturated carbocycles. The van der Waals surface area contributed by atoms with E-state index in [1.807, 2.05) is 0 Å². The quantitative estimate of drug-likeness (QED) is 0.160. The summed E-state index contributed by atoms with van der Waals surface area (Å²) in [6.45, 7) is 1.01. The van der Waals surface area contributed by atoms with E-state index in [1.54, 1.807) is 0 Å². The van der Waals surface area contributed by atoms with Crippen molar-refractivity contribution in [1.82, 2.24) is 10.2 Å². The van der Waals surface area contributed by atoms with Gasteiger partial charge in [-0.25, -0.2) is 0 Å². The molecule has 7 heteroatoms. The summed E-state index contributed by atoms with van der Waals surface area (Å²) in [5, 5.41) is 3.29. The Labute approximate surface area is 172 Å². The number of carbonyl (C=O) groups excluding carboxylic acids is 2. The minimum absolute atomic E-state index is 0. The number of nitrogens with two attached hydrogens (primary N) is 1. The second kappa shape index (κ2) is 8.27. The Morgan fingerprint density at radius 2 is 1.73 bits per heavy atom. The predicted octanol–water partition coefficient (Wildman–Crippen LogP) is 2.04. The zero-order valence-corrected chi connectivity index (χ0v) is 17.4. The van der Waals surface area contributed by atoms with E-state index in [1.165, 1.54) is 24.2 Å². The highest BCUT2D eigenvalue weighted by Gasteiger charge is 2.58. The summed E-state index contributed by atoms with van der Waals surface area (Å²) in [6.07, 6.45) is 12.0. The van der Waals surface area contributed by atoms with Crippen LogP contribution in [0, 0.1) is 23.7 Å². The number of allylic oxidation sites excluding steroid dienone is 2. The smallest absolute Gasteiger partial charge is 0.233 e. The first-order valence-corrected chi connectivity index (χ1v) is 9.75. The van der Waals surface area contributed by atoms with Crippen molar-refractivity contribution in [2.24, 2.45) is 34.4 Å². The molecule has 0 aromatic rings. The van der Waals surface area contributed by atoms with Crippen LogP contribution in [0.5, 0.6) is 0 Å². The number of imide groups is 1. The normalized spacial score (nSPS) is 33.5. The van der Waals surface area contributed by atoms with Crippen LogP contribution in [0.4, 0.5) is 0 Å². The molecular formula is C19H29IN4O2. The van der Waals surface area contributed by atoms with E-state index in [-0.39, 0.29) is 59.5 Å². The molecule has 4 aliphatic rings. The zero-order valence-electron chi connectivity index (χ0n) is 15.1. The van der Waals surface area contributed by atoms with Gasteiger partial charge in [-0.2, -0.15) is 0 Å². The van der Waals surface area contributed by atoms with Gasteiger partial charge in [-0.05, 0) is 37.5 Å². The molecule has 3 N–H and O–H groups in total. The Morgan fingerprint density at radius 3 is 2.35 bits per heavy atom. The Hall–Kier alpha value is -1.12. The maximum atomic E-state index is 12.6. The highest BCUT2D eigenvalue weighted by molar-refractivity contribution is 14.0. The minimum Gasteiger partial charge on any atom is -0.370 e. The lowest BCUT2D eigenvalue weighted by molar-refractivity contribution is -0.140. The Bertz CT molecular complexity index is 585. The van der Waals surface area contributed by atoms with Crippen LogP contribution in [0.15, 0.2) is 17.1 Å². The van der Waals surface area contributed by atoms with Gasteiger partial charge in [0.15, 0.2) is 5.96 Å². The van der Waals surface area contributed by atoms with Crippen LogP contribution in [0.1, 0.15) is 44.9 Å². The van der Waals surface area contributed by atoms with Crippen molar-refractivity contribution in [3.05, 3.63) is 12.2 Å². The van der Waals surface area contributed by atoms with Crippen molar-refractivity contribution in [3.63, 3.8) is 0 Å². The van der Waals surface area contributed by atoms with Crippen LogP contribution < -0.4 is 11.1 Å². The molecule has 0 spiro atoms. The van der Waals surface area contributed by atoms with Crippen LogP contribution in [-0.4, -0.2) is 41.8 Å². The maximum Gasteiger partial charge on any atom is 0.233 e. The van der Waals surface area contributed by atoms with Gasteiger partial charge in [-0.3, -0.25) is 19.5 Å². The number of aliphatic imine (C=N–C) groups is 1. The Kier molecular flexibility index (Phi) is 6.25. The lowest BCUT2D eigenvalue weighted by Gasteiger charge is -2.23. The third kappa shape index (κ3) is 3.64. The molecule has 1 heterocycles. The van der Waals surface area contributed by atoms with Gasteiger partial charge in [0.1, 0.15) is 0 Å². The summed E-state index contributed by atoms with van der Waals surface area (Å²) in [7, 11) is 0. The fraction of sp³-hybridized carbons (Fsp3) is 0.737. The van der Waals surface area contributed by atoms with Gasteiger partial charge < -0.3 is 11.1 Å². The second-order valence-electron chi connectivity index (χ2n) is 7.93. The molecule has 3 fully saturated rings. The lowest BCUT2D eigenvalue weighted by Crippen LogP contribution is -2.41. The van der Waals surface area contributed by atoms with E-state index in [9.17, 15) is 9.59 Å². The minimum atomic E-state index is -0.0935. The summed E-state index contributed by atoms with van der Waals surface area (Å²) in [5.41, 5.74) is 5.96. The van der Waals surface area contributed by atoms with Crippen molar-refractivity contribution in [2.45, 2.75) is 51.0 Å². The third-order valence-corrected chi connectivity index (χ3v) is 6.34. The van der Waals surface area contributed by atoms with E-state index in [4.69, 9.17) is 5.73 Å². The SMILES string of the molecule is I.NC(=NCCCN1C(=O)C2C3C=CC(C3)C2C1=O)NC1CCCCC1. The first kappa shape index (κ1) is 19.6. The van der Waals surface area contributed by atoms with Crippen molar-refractivity contribution in [2.75, 3.05) is 13.1 Å². The molecule has 26 heavy (non-hydrogen) atoms. The zero-order chi connectivity index (χ0) is 17.4. The van der Waals surface area contributed by atoms with E-state index >= 15 is 0 Å². The number of halogens is 1. The van der Waals surface area contributed by atoms with Gasteiger partial charge in [0.05, 0.1) is 11.8 Å². The Balaban J connectivity index is 0.00000196. The molecule has 2 amide bonds. The maximum absolute atomic E-state index is 12.6. The molecule has 4 unspecified atom stereocenters. The number of hydrogen-bond donors (Lipinski definition) is 2. The molecule has 144 valence electrons. The van der Waals surface area contributed by atoms with E-state index in [0.717, 1.165) is 19.3 Å². The van der Waals surface area contributed by atoms with Gasteiger partial charge in [-0.15, -0.1) is 24.0 Å². The fourth-order valence-electron chi connectivity index (χ4n) is 5.11. The van der Waals surface area contributed by atoms with Gasteiger partial charge in [-0.1, -0.05) is 31.4 Å². The molecule has 1 aliphatic heterocycles. The highest BCUT2D eigenvalue weighted by atomic mass is 127. The molecule has 4 atom stereocenters. The largest absolute Gasteiger partial charge is 0.370 e. The number of guanidine groups is 1. The van der Waals surface area contributed by atoms with E-state index < -0.39 is 0 Å². The fourth-order valence-corrected chi connectivity index (χ4v) is 5.11. The average Bonchev–Trinajstić information content (AvgIpc) is 3.28. The molecule has 6 nitrogen and oxygen atoms in total. The molecule has 0 aromatic heterocycles. The van der Waals surface area contributed by atoms with Gasteiger partial charge in [0.2, 0.25) is 11.8 Å². The average molecular weight is 472 g/mol. The first-order chi connectivity index (χ1) is 12.1. The summed E-state index contributed by atoms with van der Waals surface area (Å²) in [6, 6.07) is 0.446. The molecule has 0 radical (unpaired) electrons. The molecule has 1 saturated heterocycles. The number of rotatable bonds is 5. The van der Waals surface area contributed by atoms with Crippen LogP contribution in [0.3, 0.4) is 0 Å². The van der Waals surface area contributed by atoms with Crippen LogP contribution >= 0.6 is 24.0 Å². The van der Waals surface area contributed by atoms with Crippen LogP contribution in [0.25, 0.3) is 0 Å². The third-order valence-electron chi connectivity index (χ3n) is 6.34. The monoisotopic (exact) mass is 472 g/mol. The van der Waals surface area contributed by atoms with Crippen molar-refractivity contribution >= 4 is 41.8 Å². The number of carbonyl (C=O) groups is 2. The standard InChI is InChI=1S/C19H28N4O2.HI/c20-19(22-14-5-2-1-3-6-14)21-9-4-10-23-17(24)15-12-7-8-13(11-12)16(15)18(23)25;/h7-8,12-16H,1-6,9-11H2,(H3,20,21,22);1H. The van der Waals surface area contributed by atoms with Crippen molar-refractivity contribution in [3.8, 4) is 0 Å². The molecule has 0 aromatic carbocycles. The molecular weight excluding hydrogens is 443 g/mol. The van der Waals surface area contributed by atoms with Crippen LogP contribution in [-0.2, 0) is 9.59 Å². The number of amides is 2. The Morgan fingerprint density at radius 1 is 1.12 bits per heavy atom. The number of hydrogen-bond acceptors (Lipinski definition) is 3. The second-order valence-corrected chi connectivity index (χ2v) is 7.93. The summed E-state index contributed by atoms with van der Waals surface area (Å²) >= 11 is 0. The molecule has 3 aliphatic carbocycles. The number of likely N-dealkylation sites (tertiary alicyclic amines) is 1. The van der Waals surface area contributed by atoms with Gasteiger partial charge >= 0.3 is 0 Å². The molecule has 2 bridgehead atoms. The number of nitrogens with zero attached hydrogens (tertiary/aromatic N) is 2. The number of fused-ring (bicyclic) bond motifs is 5. The van der Waals surface area contributed by atoms with Gasteiger partial charge in [0.25, 0.3) is 0 Å². The van der Waals surface area contributed by atoms with Crippen LogP contribution in [0.2, 0.25) is 0 Å². The van der Waals surface area contributed by atoms with E-state index in [0.29, 0.717) is 31.5 Å². The van der Waals surface area contributed by atoms with Crippen molar-refractivity contribution in [1.29, 1.82) is 0 Å². The van der Waals surface area contributed by atoms with Crippen molar-refractivity contribution < 1.29 is 9.59 Å². The number of nitrogens with one attached hydrogen (secondary N) is 1. The predicted molar refractivity (Wildman–Crippen MR) is 111 cm³/mol. The highest BCUT2D eigenvalue weighted by Crippen LogP contribution is 2.52. The topological polar surface area (TPSA) is 87.8 Å². The first-order valence-electron chi connectivity index (χ1n) is 9.75.